The van der Waals surface area contributed by atoms with Crippen LogP contribution in [-0.2, 0) is 33.2 Å². The predicted molar refractivity (Wildman–Crippen MR) is 424 cm³/mol. The summed E-state index contributed by atoms with van der Waals surface area (Å²) in [5.41, 5.74) is 0. The molecule has 3 saturated heterocycles. The monoisotopic (exact) mass is 1490 g/mol. The Morgan fingerprint density at radius 1 is 0.349 bits per heavy atom. The largest absolute Gasteiger partial charge is 0.394 e. The molecular weight excluding hydrogens is 1350 g/mol. The summed E-state index contributed by atoms with van der Waals surface area (Å²) < 4.78 is 34.5. The van der Waals surface area contributed by atoms with E-state index in [1.54, 1.807) is 0 Å². The van der Waals surface area contributed by atoms with Crippen LogP contribution < -0.4 is 5.32 Å². The fourth-order valence-corrected chi connectivity index (χ4v) is 13.1. The third kappa shape index (κ3) is 44.7. The van der Waals surface area contributed by atoms with Crippen molar-refractivity contribution >= 4 is 5.91 Å². The van der Waals surface area contributed by atoms with Crippen LogP contribution in [0.5, 0.6) is 0 Å². The maximum Gasteiger partial charge on any atom is 0.220 e. The molecular formula is C87H147NO18. The van der Waals surface area contributed by atoms with Crippen LogP contribution in [0.2, 0.25) is 0 Å². The van der Waals surface area contributed by atoms with E-state index in [0.29, 0.717) is 12.8 Å². The summed E-state index contributed by atoms with van der Waals surface area (Å²) in [7, 11) is 0. The van der Waals surface area contributed by atoms with Crippen molar-refractivity contribution in [2.24, 2.45) is 0 Å². The number of carbonyl (C=O) groups is 1. The van der Waals surface area contributed by atoms with Crippen molar-refractivity contribution in [2.45, 2.75) is 381 Å². The van der Waals surface area contributed by atoms with Crippen LogP contribution in [0.4, 0.5) is 0 Å². The fourth-order valence-electron chi connectivity index (χ4n) is 13.1. The maximum atomic E-state index is 13.5. The number of hydrogen-bond donors (Lipinski definition) is 12. The third-order valence-electron chi connectivity index (χ3n) is 19.7. The first-order valence-corrected chi connectivity index (χ1v) is 41.4. The first kappa shape index (κ1) is 96.1. The van der Waals surface area contributed by atoms with Gasteiger partial charge in [-0.05, 0) is 96.3 Å². The van der Waals surface area contributed by atoms with E-state index >= 15 is 0 Å². The Kier molecular flexibility index (Phi) is 59.5. The Hall–Kier alpha value is -4.07. The van der Waals surface area contributed by atoms with Gasteiger partial charge >= 0.3 is 0 Å². The quantitative estimate of drug-likeness (QED) is 0.0199. The van der Waals surface area contributed by atoms with Gasteiger partial charge in [-0.25, -0.2) is 0 Å². The molecule has 12 N–H and O–H groups in total. The Balaban J connectivity index is 1.36. The highest BCUT2D eigenvalue weighted by atomic mass is 16.8. The van der Waals surface area contributed by atoms with Crippen molar-refractivity contribution in [3.8, 4) is 0 Å². The van der Waals surface area contributed by atoms with Gasteiger partial charge in [0.2, 0.25) is 5.91 Å². The maximum absolute atomic E-state index is 13.5. The minimum Gasteiger partial charge on any atom is -0.394 e. The standard InChI is InChI=1S/C87H147NO18/c1-3-5-7-9-11-13-15-17-19-21-23-25-27-28-29-30-31-32-33-34-35-36-37-38-39-40-41-42-43-45-47-49-51-53-55-57-59-61-63-65-75(93)88-70(71(92)64-62-60-58-56-54-52-50-48-46-44-26-24-22-20-18-16-14-12-10-8-6-4-2)69-101-85-81(99)78(96)83(73(67-90)103-85)106-87-82(100)79(97)84(74(68-91)104-87)105-86-80(98)77(95)76(94)72(66-89)102-86/h5,7,11,13,17,19,23,25,28-29,31-32,34-35,37-38,40-41,43,45,49,51,70-74,76-87,89-92,94-100H,3-4,6,8-10,12,14-16,18,20-22,24,26-27,30,33,36,39,42,44,46-48,50,52-69H2,1-2H3,(H,88,93)/b7-5-,13-11-,19-17-,25-23-,29-28-,32-31-,35-34-,38-37-,41-40-,45-43-,51-49-. The van der Waals surface area contributed by atoms with E-state index < -0.39 is 124 Å². The Labute approximate surface area is 639 Å². The Morgan fingerprint density at radius 2 is 0.651 bits per heavy atom. The average molecular weight is 1500 g/mol. The lowest BCUT2D eigenvalue weighted by atomic mass is 9.96. The first-order valence-electron chi connectivity index (χ1n) is 41.4. The first-order chi connectivity index (χ1) is 51.8. The van der Waals surface area contributed by atoms with Crippen LogP contribution in [0.25, 0.3) is 0 Å². The van der Waals surface area contributed by atoms with Gasteiger partial charge in [0.05, 0.1) is 38.6 Å². The molecule has 19 heteroatoms. The van der Waals surface area contributed by atoms with Gasteiger partial charge in [0.15, 0.2) is 18.9 Å². The zero-order valence-corrected chi connectivity index (χ0v) is 65.1. The summed E-state index contributed by atoms with van der Waals surface area (Å²) in [6.07, 6.45) is 66.7. The molecule has 17 unspecified atom stereocenters. The Morgan fingerprint density at radius 3 is 1.02 bits per heavy atom. The van der Waals surface area contributed by atoms with Gasteiger partial charge in [-0.15, -0.1) is 0 Å². The molecule has 0 saturated carbocycles. The van der Waals surface area contributed by atoms with Crippen LogP contribution in [0.15, 0.2) is 134 Å². The number of nitrogens with one attached hydrogen (secondary N) is 1. The molecule has 0 aromatic carbocycles. The summed E-state index contributed by atoms with van der Waals surface area (Å²) >= 11 is 0. The summed E-state index contributed by atoms with van der Waals surface area (Å²) in [5, 5.41) is 121. The molecule has 0 aromatic heterocycles. The predicted octanol–water partition coefficient (Wildman–Crippen LogP) is 14.4. The van der Waals surface area contributed by atoms with E-state index in [0.717, 1.165) is 128 Å². The van der Waals surface area contributed by atoms with Crippen LogP contribution in [0, 0.1) is 0 Å². The minimum absolute atomic E-state index is 0.236. The molecule has 106 heavy (non-hydrogen) atoms. The number of unbranched alkanes of at least 4 members (excludes halogenated alkanes) is 26. The van der Waals surface area contributed by atoms with Crippen LogP contribution in [0.1, 0.15) is 277 Å². The molecule has 0 aliphatic carbocycles. The summed E-state index contributed by atoms with van der Waals surface area (Å²) in [6, 6.07) is -0.909. The molecule has 3 fully saturated rings. The number of rotatable bonds is 64. The van der Waals surface area contributed by atoms with E-state index in [-0.39, 0.29) is 18.9 Å². The second-order valence-electron chi connectivity index (χ2n) is 28.9. The Bertz CT molecular complexity index is 2440. The van der Waals surface area contributed by atoms with Crippen molar-refractivity contribution in [3.63, 3.8) is 0 Å². The topological polar surface area (TPSA) is 307 Å². The minimum atomic E-state index is -1.98. The molecule has 3 heterocycles. The van der Waals surface area contributed by atoms with Gasteiger partial charge in [0.1, 0.15) is 73.2 Å². The lowest BCUT2D eigenvalue weighted by Crippen LogP contribution is -2.66. The molecule has 0 radical (unpaired) electrons. The number of carbonyl (C=O) groups excluding carboxylic acids is 1. The van der Waals surface area contributed by atoms with E-state index in [2.05, 4.69) is 153 Å². The molecule has 0 spiro atoms. The highest BCUT2D eigenvalue weighted by Gasteiger charge is 2.54. The van der Waals surface area contributed by atoms with Gasteiger partial charge < -0.3 is 89.9 Å². The zero-order valence-electron chi connectivity index (χ0n) is 65.1. The third-order valence-corrected chi connectivity index (χ3v) is 19.7. The van der Waals surface area contributed by atoms with Gasteiger partial charge in [0, 0.05) is 6.42 Å². The molecule has 0 bridgehead atoms. The van der Waals surface area contributed by atoms with Crippen molar-refractivity contribution < 1.29 is 89.4 Å². The molecule has 608 valence electrons. The zero-order chi connectivity index (χ0) is 76.7. The second-order valence-corrected chi connectivity index (χ2v) is 28.9. The van der Waals surface area contributed by atoms with Gasteiger partial charge in [-0.3, -0.25) is 4.79 Å². The molecule has 3 aliphatic rings. The number of aliphatic hydroxyl groups excluding tert-OH is 11. The smallest absolute Gasteiger partial charge is 0.220 e. The van der Waals surface area contributed by atoms with Gasteiger partial charge in [-0.2, -0.15) is 0 Å². The lowest BCUT2D eigenvalue weighted by molar-refractivity contribution is -0.379. The highest BCUT2D eigenvalue weighted by molar-refractivity contribution is 5.76. The second kappa shape index (κ2) is 65.6. The molecule has 1 amide bonds. The number of allylic oxidation sites excluding steroid dienone is 22. The van der Waals surface area contributed by atoms with Gasteiger partial charge in [-0.1, -0.05) is 308 Å². The molecule has 17 atom stereocenters. The van der Waals surface area contributed by atoms with Gasteiger partial charge in [0.25, 0.3) is 0 Å². The van der Waals surface area contributed by atoms with Crippen molar-refractivity contribution in [2.75, 3.05) is 26.4 Å². The van der Waals surface area contributed by atoms with Crippen molar-refractivity contribution in [3.05, 3.63) is 134 Å². The van der Waals surface area contributed by atoms with Crippen molar-refractivity contribution in [1.82, 2.24) is 5.32 Å². The van der Waals surface area contributed by atoms with E-state index in [1.807, 2.05) is 0 Å². The molecule has 0 aromatic rings. The van der Waals surface area contributed by atoms with Crippen molar-refractivity contribution in [1.29, 1.82) is 0 Å². The van der Waals surface area contributed by atoms with Crippen LogP contribution in [-0.4, -0.2) is 193 Å². The summed E-state index contributed by atoms with van der Waals surface area (Å²) in [4.78, 5) is 13.5. The van der Waals surface area contributed by atoms with E-state index in [9.17, 15) is 61.0 Å². The normalized spacial score (nSPS) is 26.4. The molecule has 3 aliphatic heterocycles. The number of aliphatic hydroxyl groups is 11. The number of hydrogen-bond acceptors (Lipinski definition) is 18. The van der Waals surface area contributed by atoms with Crippen LogP contribution >= 0.6 is 0 Å². The SMILES string of the molecule is CC/C=C\C/C=C\C/C=C\C/C=C\C/C=C\C/C=C\C/C=C\C/C=C\C/C=C\C/C=C\C/C=C\CCCCCCCC(=O)NC(COC1OC(CO)C(OC2OC(CO)C(OC3OC(CO)C(O)C(O)C3O)C(O)C2O)C(O)C1O)C(O)CCCCCCCCCCCCCCCCCCCCCCCC. The summed E-state index contributed by atoms with van der Waals surface area (Å²) in [6.45, 7) is 1.69. The summed E-state index contributed by atoms with van der Waals surface area (Å²) in [5.74, 6) is -0.264. The van der Waals surface area contributed by atoms with E-state index in [4.69, 9.17) is 28.4 Å². The average Bonchev–Trinajstić information content (AvgIpc) is 0.780. The molecule has 3 rings (SSSR count). The highest BCUT2D eigenvalue weighted by Crippen LogP contribution is 2.33. The van der Waals surface area contributed by atoms with E-state index in [1.165, 1.54) is 116 Å². The molecule has 19 nitrogen and oxygen atoms in total. The lowest BCUT2D eigenvalue weighted by Gasteiger charge is -2.48. The van der Waals surface area contributed by atoms with Crippen LogP contribution in [0.3, 0.4) is 0 Å². The fraction of sp³-hybridized carbons (Fsp3) is 0.736. The number of amides is 1. The number of ether oxygens (including phenoxy) is 6.